The van der Waals surface area contributed by atoms with E-state index in [0.717, 1.165) is 38.5 Å². The lowest BCUT2D eigenvalue weighted by molar-refractivity contribution is -0.313. The molecule has 0 saturated heterocycles. The number of ether oxygens (including phenoxy) is 4. The number of nitrogens with zero attached hydrogens (tertiary/aromatic N) is 2. The summed E-state index contributed by atoms with van der Waals surface area (Å²) in [5, 5.41) is 11.1. The molecule has 8 heteroatoms. The van der Waals surface area contributed by atoms with Gasteiger partial charge in [-0.1, -0.05) is 47.0 Å². The lowest BCUT2D eigenvalue weighted by atomic mass is 10.1. The molecular weight excluding hydrogens is 391 g/mol. The second kappa shape index (κ2) is 14.6. The lowest BCUT2D eigenvalue weighted by Gasteiger charge is -2.31. The third-order valence-corrected chi connectivity index (χ3v) is 4.59. The minimum atomic E-state index is -1.99. The molecule has 0 fully saturated rings. The molecule has 30 heavy (non-hydrogen) atoms. The third-order valence-electron chi connectivity index (χ3n) is 4.59. The molecule has 0 radical (unpaired) electrons. The van der Waals surface area contributed by atoms with Gasteiger partial charge in [-0.05, 0) is 26.2 Å². The van der Waals surface area contributed by atoms with Gasteiger partial charge in [-0.25, -0.2) is 4.98 Å². The van der Waals surface area contributed by atoms with E-state index in [2.05, 4.69) is 23.8 Å². The smallest absolute Gasteiger partial charge is 0.243 e. The highest BCUT2D eigenvalue weighted by molar-refractivity contribution is 5.21. The molecule has 0 aliphatic carbocycles. The fourth-order valence-corrected chi connectivity index (χ4v) is 2.61. The van der Waals surface area contributed by atoms with Crippen LogP contribution < -0.4 is 4.74 Å². The molecule has 0 spiro atoms. The van der Waals surface area contributed by atoms with Crippen LogP contribution in [0.5, 0.6) is 5.88 Å². The van der Waals surface area contributed by atoms with Gasteiger partial charge in [-0.2, -0.15) is 9.37 Å². The summed E-state index contributed by atoms with van der Waals surface area (Å²) in [4.78, 5) is 8.08. The van der Waals surface area contributed by atoms with Crippen LogP contribution >= 0.6 is 0 Å². The van der Waals surface area contributed by atoms with Crippen LogP contribution in [0.2, 0.25) is 0 Å². The second-order valence-electron chi connectivity index (χ2n) is 7.29. The van der Waals surface area contributed by atoms with Crippen LogP contribution in [0.3, 0.4) is 0 Å². The van der Waals surface area contributed by atoms with Gasteiger partial charge in [0.15, 0.2) is 12.0 Å². The highest BCUT2D eigenvalue weighted by Crippen LogP contribution is 2.30. The van der Waals surface area contributed by atoms with Crippen LogP contribution in [0.15, 0.2) is 0 Å². The van der Waals surface area contributed by atoms with Gasteiger partial charge in [-0.15, -0.1) is 0 Å². The first-order valence-corrected chi connectivity index (χ1v) is 11.2. The zero-order valence-electron chi connectivity index (χ0n) is 19.2. The maximum Gasteiger partial charge on any atom is 0.243 e. The lowest BCUT2D eigenvalue weighted by Crippen LogP contribution is -2.39. The number of hydrogen-bond acceptors (Lipinski definition) is 7. The van der Waals surface area contributed by atoms with E-state index in [0.29, 0.717) is 25.5 Å². The number of unbranched alkanes of at least 4 members (excludes halogenated alkanes) is 3. The van der Waals surface area contributed by atoms with Gasteiger partial charge in [0, 0.05) is 19.6 Å². The van der Waals surface area contributed by atoms with Crippen molar-refractivity contribution in [3.8, 4) is 5.88 Å². The number of aromatic nitrogens is 2. The van der Waals surface area contributed by atoms with Gasteiger partial charge in [0.2, 0.25) is 17.6 Å². The average molecular weight is 431 g/mol. The van der Waals surface area contributed by atoms with E-state index in [9.17, 15) is 9.50 Å². The van der Waals surface area contributed by atoms with E-state index >= 15 is 0 Å². The number of aliphatic hydroxyl groups is 1. The van der Waals surface area contributed by atoms with Gasteiger partial charge in [0.05, 0.1) is 13.2 Å². The van der Waals surface area contributed by atoms with Crippen molar-refractivity contribution in [1.82, 2.24) is 9.97 Å². The maximum atomic E-state index is 14.8. The van der Waals surface area contributed by atoms with Crippen molar-refractivity contribution in [1.29, 1.82) is 0 Å². The first kappa shape index (κ1) is 26.7. The normalized spacial score (nSPS) is 14.5. The second-order valence-corrected chi connectivity index (χ2v) is 7.29. The van der Waals surface area contributed by atoms with E-state index in [4.69, 9.17) is 18.9 Å². The molecule has 1 N–H and O–H groups in total. The summed E-state index contributed by atoms with van der Waals surface area (Å²) in [6, 6.07) is 0. The Morgan fingerprint density at radius 1 is 0.967 bits per heavy atom. The summed E-state index contributed by atoms with van der Waals surface area (Å²) in [7, 11) is 0. The molecule has 0 bridgehead atoms. The Morgan fingerprint density at radius 3 is 2.23 bits per heavy atom. The Kier molecular flexibility index (Phi) is 13.0. The van der Waals surface area contributed by atoms with Crippen LogP contribution in [0, 0.1) is 12.9 Å². The van der Waals surface area contributed by atoms with E-state index in [1.807, 2.05) is 6.92 Å². The molecular formula is C22H39FN2O5. The Labute approximate surface area is 180 Å². The number of aryl methyl sites for hydroxylation is 1. The third kappa shape index (κ3) is 8.79. The van der Waals surface area contributed by atoms with E-state index in [1.54, 1.807) is 13.8 Å². The monoisotopic (exact) mass is 430 g/mol. The minimum Gasteiger partial charge on any atom is -0.476 e. The summed E-state index contributed by atoms with van der Waals surface area (Å²) in [5.41, 5.74) is 0.114. The molecule has 7 nitrogen and oxygen atoms in total. The summed E-state index contributed by atoms with van der Waals surface area (Å²) >= 11 is 0. The largest absolute Gasteiger partial charge is 0.476 e. The highest BCUT2D eigenvalue weighted by atomic mass is 19.1. The molecule has 1 aromatic rings. The molecule has 0 aromatic carbocycles. The van der Waals surface area contributed by atoms with Crippen LogP contribution in [0.1, 0.15) is 84.0 Å². The molecule has 0 aliphatic rings. The molecule has 2 unspecified atom stereocenters. The van der Waals surface area contributed by atoms with Crippen LogP contribution in [0.25, 0.3) is 0 Å². The summed E-state index contributed by atoms with van der Waals surface area (Å²) in [5.74, 6) is -2.79. The molecule has 1 heterocycles. The van der Waals surface area contributed by atoms with Crippen molar-refractivity contribution < 1.29 is 28.4 Å². The highest BCUT2D eigenvalue weighted by Gasteiger charge is 2.38. The zero-order valence-corrected chi connectivity index (χ0v) is 19.2. The van der Waals surface area contributed by atoms with Gasteiger partial charge < -0.3 is 24.1 Å². The van der Waals surface area contributed by atoms with Crippen molar-refractivity contribution in [2.75, 3.05) is 26.4 Å². The molecule has 0 aliphatic heterocycles. The summed E-state index contributed by atoms with van der Waals surface area (Å²) in [6.07, 6.45) is 4.73. The van der Waals surface area contributed by atoms with Crippen LogP contribution in [-0.2, 0) is 20.0 Å². The first-order chi connectivity index (χ1) is 14.4. The van der Waals surface area contributed by atoms with Gasteiger partial charge in [-0.3, -0.25) is 0 Å². The fraction of sp³-hybridized carbons (Fsp3) is 0.818. The molecule has 174 valence electrons. The molecule has 0 saturated carbocycles. The topological polar surface area (TPSA) is 82.9 Å². The van der Waals surface area contributed by atoms with Gasteiger partial charge in [0.1, 0.15) is 5.69 Å². The number of halogens is 1. The van der Waals surface area contributed by atoms with Crippen molar-refractivity contribution in [3.05, 3.63) is 17.3 Å². The van der Waals surface area contributed by atoms with Crippen molar-refractivity contribution in [2.24, 2.45) is 0 Å². The van der Waals surface area contributed by atoms with Crippen molar-refractivity contribution in [3.63, 3.8) is 0 Å². The van der Waals surface area contributed by atoms with Gasteiger partial charge in [0.25, 0.3) is 0 Å². The molecule has 2 atom stereocenters. The Balaban J connectivity index is 2.97. The predicted octanol–water partition coefficient (Wildman–Crippen LogP) is 4.63. The van der Waals surface area contributed by atoms with Crippen molar-refractivity contribution in [2.45, 2.75) is 91.6 Å². The Bertz CT molecular complexity index is 605. The minimum absolute atomic E-state index is 0.0661. The standard InChI is InChI=1S/C22H39FN2O5/c1-6-10-13-27-16-18(28-14-11-7-2)30-22(26,9-4)19-20(23)25-21(17(5)24-19)29-15-12-8-3/h18,26H,6-16H2,1-5H3. The van der Waals surface area contributed by atoms with Crippen molar-refractivity contribution >= 4 is 0 Å². The van der Waals surface area contributed by atoms with Gasteiger partial charge >= 0.3 is 0 Å². The average Bonchev–Trinajstić information content (AvgIpc) is 2.73. The SMILES string of the molecule is CCCCOCC(OCCCC)OC(O)(CC)c1nc(C)c(OCCCC)nc1F. The Morgan fingerprint density at radius 2 is 1.60 bits per heavy atom. The molecule has 1 rings (SSSR count). The van der Waals surface area contributed by atoms with E-state index in [1.165, 1.54) is 0 Å². The summed E-state index contributed by atoms with van der Waals surface area (Å²) in [6.45, 7) is 11.1. The van der Waals surface area contributed by atoms with Crippen LogP contribution in [0.4, 0.5) is 4.39 Å². The number of hydrogen-bond donors (Lipinski definition) is 1. The molecule has 1 aromatic heterocycles. The zero-order chi connectivity index (χ0) is 22.4. The van der Waals surface area contributed by atoms with E-state index < -0.39 is 18.0 Å². The fourth-order valence-electron chi connectivity index (χ4n) is 2.61. The first-order valence-electron chi connectivity index (χ1n) is 11.2. The number of rotatable bonds is 17. The maximum absolute atomic E-state index is 14.8. The van der Waals surface area contributed by atoms with Crippen LogP contribution in [-0.4, -0.2) is 47.8 Å². The molecule has 0 amide bonds. The Hall–Kier alpha value is -1.35. The van der Waals surface area contributed by atoms with E-state index in [-0.39, 0.29) is 24.6 Å². The quantitative estimate of drug-likeness (QED) is 0.285. The predicted molar refractivity (Wildman–Crippen MR) is 113 cm³/mol. The summed E-state index contributed by atoms with van der Waals surface area (Å²) < 4.78 is 37.4.